The molecular formula is C29H31N5O7S2. The van der Waals surface area contributed by atoms with Crippen LogP contribution < -0.4 is 14.4 Å². The van der Waals surface area contributed by atoms with Crippen molar-refractivity contribution in [3.63, 3.8) is 0 Å². The summed E-state index contributed by atoms with van der Waals surface area (Å²) in [5.74, 6) is 0.722. The number of carbonyl (C=O) groups is 2. The van der Waals surface area contributed by atoms with Gasteiger partial charge in [0.05, 0.1) is 42.5 Å². The van der Waals surface area contributed by atoms with Crippen LogP contribution >= 0.6 is 11.3 Å². The van der Waals surface area contributed by atoms with Crippen molar-refractivity contribution in [2.45, 2.75) is 18.4 Å². The lowest BCUT2D eigenvalue weighted by Crippen LogP contribution is -2.50. The minimum absolute atomic E-state index is 0.0617. The Bertz CT molecular complexity index is 1660. The van der Waals surface area contributed by atoms with Crippen LogP contribution in [0.4, 0.5) is 9.93 Å². The van der Waals surface area contributed by atoms with E-state index < -0.39 is 16.1 Å². The molecule has 43 heavy (non-hydrogen) atoms. The molecule has 0 spiro atoms. The van der Waals surface area contributed by atoms with Gasteiger partial charge in [0.1, 0.15) is 0 Å². The molecule has 0 radical (unpaired) electrons. The minimum atomic E-state index is -3.83. The van der Waals surface area contributed by atoms with Crippen molar-refractivity contribution in [3.8, 4) is 11.5 Å². The molecule has 0 atom stereocenters. The van der Waals surface area contributed by atoms with E-state index in [1.807, 2.05) is 12.1 Å². The van der Waals surface area contributed by atoms with Gasteiger partial charge in [-0.2, -0.15) is 4.31 Å². The Labute approximate surface area is 253 Å². The van der Waals surface area contributed by atoms with Crippen LogP contribution in [0.3, 0.4) is 0 Å². The molecule has 2 aromatic carbocycles. The Morgan fingerprint density at radius 1 is 1.00 bits per heavy atom. The first kappa shape index (κ1) is 30.2. The summed E-state index contributed by atoms with van der Waals surface area (Å²) in [6, 6.07) is 13.1. The lowest BCUT2D eigenvalue weighted by atomic mass is 10.2. The SMILES string of the molecule is CCOC(=O)N1CCN(S(=O)(=O)c2ccc(C(=O)N(Cc3cccnc3)c3nc4cc(OC)c(OC)cc4s3)cc2)CC1. The van der Waals surface area contributed by atoms with Gasteiger partial charge in [-0.25, -0.2) is 18.2 Å². The van der Waals surface area contributed by atoms with Crippen molar-refractivity contribution in [2.75, 3.05) is 51.9 Å². The molecule has 1 aliphatic heterocycles. The topological polar surface area (TPSA) is 131 Å². The molecule has 3 heterocycles. The smallest absolute Gasteiger partial charge is 0.409 e. The Hall–Kier alpha value is -4.27. The fourth-order valence-corrected chi connectivity index (χ4v) is 7.05. The molecule has 0 N–H and O–H groups in total. The molecule has 0 saturated carbocycles. The van der Waals surface area contributed by atoms with Crippen LogP contribution in [0, 0.1) is 0 Å². The van der Waals surface area contributed by atoms with E-state index in [1.165, 1.54) is 44.8 Å². The lowest BCUT2D eigenvalue weighted by Gasteiger charge is -2.33. The van der Waals surface area contributed by atoms with E-state index in [9.17, 15) is 18.0 Å². The summed E-state index contributed by atoms with van der Waals surface area (Å²) in [4.78, 5) is 37.9. The van der Waals surface area contributed by atoms with E-state index in [-0.39, 0.29) is 50.1 Å². The van der Waals surface area contributed by atoms with Crippen molar-refractivity contribution < 1.29 is 32.2 Å². The Balaban J connectivity index is 1.40. The summed E-state index contributed by atoms with van der Waals surface area (Å²) in [6.45, 7) is 2.94. The van der Waals surface area contributed by atoms with Crippen LogP contribution in [-0.2, 0) is 21.3 Å². The number of rotatable bonds is 9. The number of amides is 2. The van der Waals surface area contributed by atoms with Gasteiger partial charge >= 0.3 is 6.09 Å². The summed E-state index contributed by atoms with van der Waals surface area (Å²) >= 11 is 1.33. The van der Waals surface area contributed by atoms with Crippen molar-refractivity contribution in [1.82, 2.24) is 19.2 Å². The predicted octanol–water partition coefficient (Wildman–Crippen LogP) is 4.02. The lowest BCUT2D eigenvalue weighted by molar-refractivity contribution is 0.0933. The zero-order valence-corrected chi connectivity index (χ0v) is 25.6. The maximum Gasteiger partial charge on any atom is 0.409 e. The fourth-order valence-electron chi connectivity index (χ4n) is 4.66. The number of ether oxygens (including phenoxy) is 3. The Morgan fingerprint density at radius 2 is 1.70 bits per heavy atom. The average Bonchev–Trinajstić information content (AvgIpc) is 3.46. The summed E-state index contributed by atoms with van der Waals surface area (Å²) in [7, 11) is -0.733. The zero-order chi connectivity index (χ0) is 30.6. The van der Waals surface area contributed by atoms with Crippen LogP contribution in [-0.4, -0.2) is 86.6 Å². The van der Waals surface area contributed by atoms with Crippen molar-refractivity contribution in [3.05, 3.63) is 72.1 Å². The number of thiazole rings is 1. The summed E-state index contributed by atoms with van der Waals surface area (Å²) < 4.78 is 44.6. The molecule has 2 aromatic heterocycles. The van der Waals surface area contributed by atoms with Gasteiger partial charge in [0.25, 0.3) is 5.91 Å². The number of hydrogen-bond donors (Lipinski definition) is 0. The highest BCUT2D eigenvalue weighted by molar-refractivity contribution is 7.89. The van der Waals surface area contributed by atoms with Crippen LogP contribution in [0.1, 0.15) is 22.8 Å². The fraction of sp³-hybridized carbons (Fsp3) is 0.310. The number of sulfonamides is 1. The van der Waals surface area contributed by atoms with Gasteiger partial charge < -0.3 is 19.1 Å². The van der Waals surface area contributed by atoms with Gasteiger partial charge in [-0.05, 0) is 42.8 Å². The number of anilines is 1. The Kier molecular flexibility index (Phi) is 9.08. The average molecular weight is 626 g/mol. The third kappa shape index (κ3) is 6.40. The molecular weight excluding hydrogens is 594 g/mol. The number of fused-ring (bicyclic) bond motifs is 1. The first-order chi connectivity index (χ1) is 20.7. The third-order valence-electron chi connectivity index (χ3n) is 6.93. The highest BCUT2D eigenvalue weighted by atomic mass is 32.2. The summed E-state index contributed by atoms with van der Waals surface area (Å²) in [5, 5.41) is 0.454. The first-order valence-electron chi connectivity index (χ1n) is 13.5. The quantitative estimate of drug-likeness (QED) is 0.271. The number of nitrogens with zero attached hydrogens (tertiary/aromatic N) is 5. The molecule has 1 aliphatic rings. The van der Waals surface area contributed by atoms with E-state index in [0.29, 0.717) is 27.7 Å². The largest absolute Gasteiger partial charge is 0.493 e. The van der Waals surface area contributed by atoms with Gasteiger partial charge in [0.15, 0.2) is 16.6 Å². The normalized spacial score (nSPS) is 14.0. The van der Waals surface area contributed by atoms with Gasteiger partial charge in [0.2, 0.25) is 10.0 Å². The highest BCUT2D eigenvalue weighted by Gasteiger charge is 2.31. The monoisotopic (exact) mass is 625 g/mol. The van der Waals surface area contributed by atoms with Crippen molar-refractivity contribution in [1.29, 1.82) is 0 Å². The minimum Gasteiger partial charge on any atom is -0.493 e. The van der Waals surface area contributed by atoms with Crippen LogP contribution in [0.25, 0.3) is 10.2 Å². The van der Waals surface area contributed by atoms with Crippen molar-refractivity contribution >= 4 is 48.7 Å². The van der Waals surface area contributed by atoms with Crippen molar-refractivity contribution in [2.24, 2.45) is 0 Å². The number of benzene rings is 2. The van der Waals surface area contributed by atoms with Crippen LogP contribution in [0.15, 0.2) is 65.8 Å². The third-order valence-corrected chi connectivity index (χ3v) is 9.88. The molecule has 5 rings (SSSR count). The van der Waals surface area contributed by atoms with E-state index in [4.69, 9.17) is 19.2 Å². The molecule has 226 valence electrons. The summed E-state index contributed by atoms with van der Waals surface area (Å²) in [5.41, 5.74) is 1.74. The molecule has 4 aromatic rings. The highest BCUT2D eigenvalue weighted by Crippen LogP contribution is 2.38. The second-order valence-corrected chi connectivity index (χ2v) is 12.5. The number of carbonyl (C=O) groups excluding carboxylic acids is 2. The number of aromatic nitrogens is 2. The molecule has 12 nitrogen and oxygen atoms in total. The Morgan fingerprint density at radius 3 is 2.33 bits per heavy atom. The number of pyridine rings is 1. The molecule has 1 fully saturated rings. The maximum absolute atomic E-state index is 13.9. The first-order valence-corrected chi connectivity index (χ1v) is 15.8. The van der Waals surface area contributed by atoms with E-state index >= 15 is 0 Å². The van der Waals surface area contributed by atoms with E-state index in [2.05, 4.69) is 4.98 Å². The van der Waals surface area contributed by atoms with E-state index in [0.717, 1.165) is 10.3 Å². The van der Waals surface area contributed by atoms with E-state index in [1.54, 1.807) is 50.6 Å². The molecule has 2 amide bonds. The van der Waals surface area contributed by atoms with Gasteiger partial charge in [-0.3, -0.25) is 14.7 Å². The molecule has 0 bridgehead atoms. The van der Waals surface area contributed by atoms with Gasteiger partial charge in [-0.1, -0.05) is 17.4 Å². The van der Waals surface area contributed by atoms with Crippen LogP contribution in [0.2, 0.25) is 0 Å². The maximum atomic E-state index is 13.9. The number of methoxy groups -OCH3 is 2. The number of hydrogen-bond acceptors (Lipinski definition) is 10. The summed E-state index contributed by atoms with van der Waals surface area (Å²) in [6.07, 6.45) is 2.88. The van der Waals surface area contributed by atoms with Gasteiger partial charge in [-0.15, -0.1) is 0 Å². The molecule has 0 aliphatic carbocycles. The predicted molar refractivity (Wildman–Crippen MR) is 161 cm³/mol. The second-order valence-electron chi connectivity index (χ2n) is 9.54. The standard InChI is InChI=1S/C29H31N5O7S2/c1-4-41-29(36)32-12-14-33(15-13-32)43(37,38)22-9-7-21(8-10-22)27(35)34(19-20-6-5-11-30-18-20)28-31-23-16-24(39-2)25(40-3)17-26(23)42-28/h5-11,16-18H,4,12-15,19H2,1-3H3. The molecule has 1 saturated heterocycles. The van der Waals surface area contributed by atoms with Crippen LogP contribution in [0.5, 0.6) is 11.5 Å². The van der Waals surface area contributed by atoms with Gasteiger partial charge in [0, 0.05) is 56.3 Å². The molecule has 0 unspecified atom stereocenters. The molecule has 14 heteroatoms. The zero-order valence-electron chi connectivity index (χ0n) is 23.9. The second kappa shape index (κ2) is 12.9. The number of piperazine rings is 1.